The zero-order chi connectivity index (χ0) is 22.8. The van der Waals surface area contributed by atoms with E-state index in [1.54, 1.807) is 30.3 Å². The minimum atomic E-state index is -0.668. The smallest absolute Gasteiger partial charge is 0.166 e. The minimum Gasteiger partial charge on any atom is -0.490 e. The van der Waals surface area contributed by atoms with Gasteiger partial charge in [0.2, 0.25) is 0 Å². The first-order chi connectivity index (χ1) is 15.5. The van der Waals surface area contributed by atoms with Gasteiger partial charge in [0.1, 0.15) is 24.3 Å². The number of halogens is 2. The quantitative estimate of drug-likeness (QED) is 0.378. The summed E-state index contributed by atoms with van der Waals surface area (Å²) >= 11 is 0. The van der Waals surface area contributed by atoms with Crippen molar-refractivity contribution in [1.82, 2.24) is 4.90 Å². The summed E-state index contributed by atoms with van der Waals surface area (Å²) in [4.78, 5) is 14.8. The van der Waals surface area contributed by atoms with Crippen molar-refractivity contribution < 1.29 is 19.0 Å². The van der Waals surface area contributed by atoms with E-state index >= 15 is 0 Å². The van der Waals surface area contributed by atoms with E-state index in [2.05, 4.69) is 17.0 Å². The lowest BCUT2D eigenvalue weighted by molar-refractivity contribution is 0.0754. The highest BCUT2D eigenvalue weighted by Crippen LogP contribution is 2.21. The molecule has 0 aliphatic rings. The van der Waals surface area contributed by atoms with Gasteiger partial charge >= 0.3 is 0 Å². The van der Waals surface area contributed by atoms with E-state index in [0.29, 0.717) is 30.7 Å². The molecule has 3 aromatic carbocycles. The van der Waals surface area contributed by atoms with E-state index in [4.69, 9.17) is 4.74 Å². The number of Topliss-reactive ketones (excluding diaryl/α,β-unsaturated/α-hetero) is 1. The van der Waals surface area contributed by atoms with Crippen LogP contribution in [-0.4, -0.2) is 48.6 Å². The Bertz CT molecular complexity index is 982. The zero-order valence-corrected chi connectivity index (χ0v) is 19.6. The Balaban J connectivity index is 0.00000385. The van der Waals surface area contributed by atoms with Crippen molar-refractivity contribution in [1.29, 1.82) is 0 Å². The molecular formula is C27H31ClFNO3. The summed E-state index contributed by atoms with van der Waals surface area (Å²) in [6.45, 7) is 1.42. The third-order valence-electron chi connectivity index (χ3n) is 5.32. The normalized spacial score (nSPS) is 11.6. The summed E-state index contributed by atoms with van der Waals surface area (Å²) in [5.74, 6) is 0.144. The Morgan fingerprint density at radius 3 is 2.30 bits per heavy atom. The second kappa shape index (κ2) is 13.7. The van der Waals surface area contributed by atoms with Crippen LogP contribution in [-0.2, 0) is 12.8 Å². The first kappa shape index (κ1) is 26.5. The number of carbonyl (C=O) groups is 1. The molecule has 1 unspecified atom stereocenters. The molecular weight excluding hydrogens is 441 g/mol. The number of aryl methyl sites for hydroxylation is 1. The second-order valence-corrected chi connectivity index (χ2v) is 8.01. The standard InChI is InChI=1S/C27H30FNO3.ClH/c1-29(18-17-21-7-3-2-4-8-21)19-24(30)20-32-27-10-6-5-9-25(27)26(31)16-13-22-11-14-23(28)15-12-22;/h2-12,14-15,24,30H,13,16-20H2,1H3;1H. The highest BCUT2D eigenvalue weighted by molar-refractivity contribution is 5.98. The predicted molar refractivity (Wildman–Crippen MR) is 132 cm³/mol. The SMILES string of the molecule is CN(CCc1ccccc1)CC(O)COc1ccccc1C(=O)CCc1ccc(F)cc1.Cl. The molecule has 4 nitrogen and oxygen atoms in total. The number of ketones is 1. The number of hydrogen-bond donors (Lipinski definition) is 1. The van der Waals surface area contributed by atoms with Gasteiger partial charge in [0, 0.05) is 19.5 Å². The fourth-order valence-electron chi connectivity index (χ4n) is 3.52. The molecule has 0 heterocycles. The van der Waals surface area contributed by atoms with Crippen LogP contribution < -0.4 is 4.74 Å². The molecule has 1 N–H and O–H groups in total. The van der Waals surface area contributed by atoms with Gasteiger partial charge in [0.15, 0.2) is 5.78 Å². The zero-order valence-electron chi connectivity index (χ0n) is 18.8. The number of ether oxygens (including phenoxy) is 1. The molecule has 33 heavy (non-hydrogen) atoms. The van der Waals surface area contributed by atoms with E-state index < -0.39 is 6.10 Å². The third kappa shape index (κ3) is 8.97. The number of aliphatic hydroxyl groups excluding tert-OH is 1. The van der Waals surface area contributed by atoms with Gasteiger partial charge < -0.3 is 14.7 Å². The maximum absolute atomic E-state index is 13.0. The number of para-hydroxylation sites is 1. The van der Waals surface area contributed by atoms with Gasteiger partial charge in [-0.05, 0) is 55.3 Å². The number of benzene rings is 3. The fraction of sp³-hybridized carbons (Fsp3) is 0.296. The third-order valence-corrected chi connectivity index (χ3v) is 5.32. The van der Waals surface area contributed by atoms with E-state index in [1.807, 2.05) is 31.3 Å². The summed E-state index contributed by atoms with van der Waals surface area (Å²) < 4.78 is 18.9. The van der Waals surface area contributed by atoms with Crippen molar-refractivity contribution in [3.8, 4) is 5.75 Å². The molecule has 176 valence electrons. The van der Waals surface area contributed by atoms with Crippen molar-refractivity contribution in [2.45, 2.75) is 25.4 Å². The summed E-state index contributed by atoms with van der Waals surface area (Å²) in [6.07, 6.45) is 1.08. The van der Waals surface area contributed by atoms with Gasteiger partial charge in [0.25, 0.3) is 0 Å². The van der Waals surface area contributed by atoms with E-state index in [-0.39, 0.29) is 30.6 Å². The number of hydrogen-bond acceptors (Lipinski definition) is 4. The van der Waals surface area contributed by atoms with Crippen LogP contribution in [0.3, 0.4) is 0 Å². The van der Waals surface area contributed by atoms with Gasteiger partial charge in [0.05, 0.1) is 5.56 Å². The Morgan fingerprint density at radius 1 is 0.939 bits per heavy atom. The highest BCUT2D eigenvalue weighted by atomic mass is 35.5. The van der Waals surface area contributed by atoms with E-state index in [1.165, 1.54) is 17.7 Å². The monoisotopic (exact) mass is 471 g/mol. The Hall–Kier alpha value is -2.73. The Labute approximate surface area is 201 Å². The lowest BCUT2D eigenvalue weighted by Crippen LogP contribution is -2.34. The molecule has 0 aromatic heterocycles. The van der Waals surface area contributed by atoms with Gasteiger partial charge in [-0.3, -0.25) is 4.79 Å². The summed E-state index contributed by atoms with van der Waals surface area (Å²) in [7, 11) is 1.97. The van der Waals surface area contributed by atoms with Crippen LogP contribution >= 0.6 is 12.4 Å². The molecule has 0 fully saturated rings. The second-order valence-electron chi connectivity index (χ2n) is 8.01. The molecule has 1 atom stereocenters. The highest BCUT2D eigenvalue weighted by Gasteiger charge is 2.15. The van der Waals surface area contributed by atoms with E-state index in [0.717, 1.165) is 18.5 Å². The predicted octanol–water partition coefficient (Wildman–Crippen LogP) is 4.98. The summed E-state index contributed by atoms with van der Waals surface area (Å²) in [6, 6.07) is 23.5. The molecule has 0 aliphatic heterocycles. The maximum Gasteiger partial charge on any atom is 0.166 e. The molecule has 6 heteroatoms. The van der Waals surface area contributed by atoms with Crippen LogP contribution in [0.4, 0.5) is 4.39 Å². The lowest BCUT2D eigenvalue weighted by Gasteiger charge is -2.21. The lowest BCUT2D eigenvalue weighted by atomic mass is 10.0. The number of carbonyl (C=O) groups excluding carboxylic acids is 1. The molecule has 3 aromatic rings. The number of nitrogens with zero attached hydrogens (tertiary/aromatic N) is 1. The van der Waals surface area contributed by atoms with E-state index in [9.17, 15) is 14.3 Å². The number of likely N-dealkylation sites (N-methyl/N-ethyl adjacent to an activating group) is 1. The number of aliphatic hydroxyl groups is 1. The van der Waals surface area contributed by atoms with Crippen LogP contribution in [0.1, 0.15) is 27.9 Å². The van der Waals surface area contributed by atoms with Crippen molar-refractivity contribution in [3.05, 3.63) is 101 Å². The van der Waals surface area contributed by atoms with Crippen molar-refractivity contribution in [2.75, 3.05) is 26.7 Å². The molecule has 0 saturated carbocycles. The molecule has 0 amide bonds. The average Bonchev–Trinajstić information content (AvgIpc) is 2.82. The molecule has 3 rings (SSSR count). The van der Waals surface area contributed by atoms with Crippen molar-refractivity contribution in [2.24, 2.45) is 0 Å². The Morgan fingerprint density at radius 2 is 1.58 bits per heavy atom. The van der Waals surface area contributed by atoms with Gasteiger partial charge in [-0.1, -0.05) is 54.6 Å². The molecule has 0 saturated heterocycles. The first-order valence-corrected chi connectivity index (χ1v) is 10.9. The maximum atomic E-state index is 13.0. The average molecular weight is 472 g/mol. The molecule has 0 spiro atoms. The van der Waals surface area contributed by atoms with Gasteiger partial charge in [-0.15, -0.1) is 12.4 Å². The van der Waals surface area contributed by atoms with Crippen LogP contribution in [0, 0.1) is 5.82 Å². The van der Waals surface area contributed by atoms with Crippen molar-refractivity contribution >= 4 is 18.2 Å². The number of rotatable bonds is 12. The van der Waals surface area contributed by atoms with Crippen LogP contribution in [0.25, 0.3) is 0 Å². The van der Waals surface area contributed by atoms with Crippen LogP contribution in [0.5, 0.6) is 5.75 Å². The molecule has 0 radical (unpaired) electrons. The van der Waals surface area contributed by atoms with Crippen molar-refractivity contribution in [3.63, 3.8) is 0 Å². The van der Waals surface area contributed by atoms with Gasteiger partial charge in [-0.25, -0.2) is 4.39 Å². The van der Waals surface area contributed by atoms with Crippen LogP contribution in [0.2, 0.25) is 0 Å². The first-order valence-electron chi connectivity index (χ1n) is 10.9. The molecule has 0 aliphatic carbocycles. The minimum absolute atomic E-state index is 0. The summed E-state index contributed by atoms with van der Waals surface area (Å²) in [5.41, 5.74) is 2.67. The van der Waals surface area contributed by atoms with Gasteiger partial charge in [-0.2, -0.15) is 0 Å². The topological polar surface area (TPSA) is 49.8 Å². The summed E-state index contributed by atoms with van der Waals surface area (Å²) in [5, 5.41) is 10.4. The Kier molecular flexibility index (Phi) is 11.0. The molecule has 0 bridgehead atoms. The van der Waals surface area contributed by atoms with Crippen LogP contribution in [0.15, 0.2) is 78.9 Å². The fourth-order valence-corrected chi connectivity index (χ4v) is 3.52. The largest absolute Gasteiger partial charge is 0.490 e.